The van der Waals surface area contributed by atoms with Crippen molar-refractivity contribution in [2.75, 3.05) is 26.5 Å². The summed E-state index contributed by atoms with van der Waals surface area (Å²) in [5.41, 5.74) is 4.10. The molecule has 1 aromatic rings. The number of unbranched alkanes of at least 4 members (excludes halogenated alkanes) is 5. The largest absolute Gasteiger partial charge is 0.493 e. The molecule has 0 aliphatic carbocycles. The van der Waals surface area contributed by atoms with Crippen molar-refractivity contribution in [1.29, 1.82) is 0 Å². The van der Waals surface area contributed by atoms with E-state index in [1.54, 1.807) is 0 Å². The van der Waals surface area contributed by atoms with Gasteiger partial charge in [0.1, 0.15) is 5.75 Å². The molecular weight excluding hydrogens is 414 g/mol. The number of hydrogen-bond acceptors (Lipinski definition) is 4. The van der Waals surface area contributed by atoms with Crippen LogP contribution in [0.3, 0.4) is 0 Å². The summed E-state index contributed by atoms with van der Waals surface area (Å²) in [6, 6.07) is 3.87. The molecule has 0 radical (unpaired) electrons. The molecule has 0 saturated heterocycles. The van der Waals surface area contributed by atoms with E-state index in [2.05, 4.69) is 0 Å². The fraction of sp³-hybridized carbons (Fsp3) is 0.700. The molecular formula is C20H32ClF4NO3. The van der Waals surface area contributed by atoms with Crippen LogP contribution < -0.4 is 10.5 Å². The van der Waals surface area contributed by atoms with Crippen molar-refractivity contribution in [3.05, 3.63) is 29.3 Å². The van der Waals surface area contributed by atoms with E-state index in [4.69, 9.17) is 10.5 Å². The van der Waals surface area contributed by atoms with E-state index in [1.165, 1.54) is 12.1 Å². The lowest BCUT2D eigenvalue weighted by Gasteiger charge is -2.24. The molecule has 0 bridgehead atoms. The van der Waals surface area contributed by atoms with Crippen molar-refractivity contribution in [3.8, 4) is 5.75 Å². The number of rotatable bonds is 14. The van der Waals surface area contributed by atoms with Crippen LogP contribution in [-0.4, -0.2) is 42.2 Å². The van der Waals surface area contributed by atoms with Gasteiger partial charge in [0.15, 0.2) is 0 Å². The normalized spacial score (nSPS) is 12.0. The highest BCUT2D eigenvalue weighted by Gasteiger charge is 2.35. The Morgan fingerprint density at radius 3 is 2.07 bits per heavy atom. The lowest BCUT2D eigenvalue weighted by molar-refractivity contribution is -0.139. The molecule has 0 heterocycles. The fourth-order valence-corrected chi connectivity index (χ4v) is 2.77. The van der Waals surface area contributed by atoms with Gasteiger partial charge in [-0.05, 0) is 43.4 Å². The Morgan fingerprint density at radius 1 is 0.931 bits per heavy atom. The van der Waals surface area contributed by atoms with E-state index in [1.807, 2.05) is 0 Å². The Morgan fingerprint density at radius 2 is 1.52 bits per heavy atom. The summed E-state index contributed by atoms with van der Waals surface area (Å²) >= 11 is 0. The van der Waals surface area contributed by atoms with E-state index in [-0.39, 0.29) is 44.3 Å². The first kappa shape index (κ1) is 27.9. The van der Waals surface area contributed by atoms with Gasteiger partial charge in [-0.2, -0.15) is 13.2 Å². The number of benzene rings is 1. The molecule has 0 atom stereocenters. The molecule has 0 spiro atoms. The second-order valence-corrected chi connectivity index (χ2v) is 7.17. The van der Waals surface area contributed by atoms with Crippen molar-refractivity contribution in [2.45, 2.75) is 63.1 Å². The van der Waals surface area contributed by atoms with Crippen LogP contribution in [0.1, 0.15) is 56.1 Å². The van der Waals surface area contributed by atoms with Gasteiger partial charge in [-0.25, -0.2) is 0 Å². The van der Waals surface area contributed by atoms with Crippen LogP contribution in [0.4, 0.5) is 17.6 Å². The first-order chi connectivity index (χ1) is 13.3. The third-order valence-electron chi connectivity index (χ3n) is 4.68. The summed E-state index contributed by atoms with van der Waals surface area (Å²) < 4.78 is 57.4. The smallest absolute Gasteiger partial charge is 0.419 e. The van der Waals surface area contributed by atoms with Gasteiger partial charge in [0.05, 0.1) is 37.6 Å². The van der Waals surface area contributed by atoms with Gasteiger partial charge in [0.2, 0.25) is 0 Å². The quantitative estimate of drug-likeness (QED) is 0.292. The molecule has 0 amide bonds. The third kappa shape index (κ3) is 10.5. The van der Waals surface area contributed by atoms with Gasteiger partial charge < -0.3 is 20.7 Å². The maximum Gasteiger partial charge on any atom is 0.419 e. The number of nitrogens with two attached hydrogens (primary N) is 1. The molecule has 9 heteroatoms. The molecule has 4 N–H and O–H groups in total. The monoisotopic (exact) mass is 445 g/mol. The van der Waals surface area contributed by atoms with Crippen LogP contribution in [0, 0.1) is 0 Å². The summed E-state index contributed by atoms with van der Waals surface area (Å²) in [5.74, 6) is -0.211. The number of aliphatic hydroxyl groups is 2. The zero-order valence-electron chi connectivity index (χ0n) is 16.5. The lowest BCUT2D eigenvalue weighted by atomic mass is 9.93. The average molecular weight is 446 g/mol. The van der Waals surface area contributed by atoms with E-state index in [0.717, 1.165) is 31.7 Å². The van der Waals surface area contributed by atoms with Crippen molar-refractivity contribution in [2.24, 2.45) is 5.73 Å². The maximum atomic E-state index is 13.4. The Bertz CT molecular complexity index is 569. The Kier molecular flexibility index (Phi) is 13.5. The molecule has 0 aliphatic rings. The second-order valence-electron chi connectivity index (χ2n) is 7.17. The summed E-state index contributed by atoms with van der Waals surface area (Å²) in [5, 5.41) is 18.4. The van der Waals surface area contributed by atoms with Crippen LogP contribution in [-0.2, 0) is 12.6 Å². The fourth-order valence-electron chi connectivity index (χ4n) is 2.77. The molecule has 0 unspecified atom stereocenters. The van der Waals surface area contributed by atoms with E-state index in [0.29, 0.717) is 18.4 Å². The molecule has 0 saturated carbocycles. The van der Waals surface area contributed by atoms with E-state index < -0.39 is 30.5 Å². The van der Waals surface area contributed by atoms with Crippen LogP contribution >= 0.6 is 12.4 Å². The molecule has 1 rings (SSSR count). The van der Waals surface area contributed by atoms with Crippen LogP contribution in [0.15, 0.2) is 18.2 Å². The predicted octanol–water partition coefficient (Wildman–Crippen LogP) is 4.43. The zero-order valence-corrected chi connectivity index (χ0v) is 17.3. The molecule has 0 aromatic heterocycles. The lowest BCUT2D eigenvalue weighted by Crippen LogP contribution is -2.47. The number of ether oxygens (including phenoxy) is 1. The average Bonchev–Trinajstić information content (AvgIpc) is 2.68. The zero-order chi connectivity index (χ0) is 21.0. The highest BCUT2D eigenvalue weighted by molar-refractivity contribution is 5.85. The number of aliphatic hydroxyl groups excluding tert-OH is 2. The van der Waals surface area contributed by atoms with Crippen LogP contribution in [0.2, 0.25) is 0 Å². The molecule has 4 nitrogen and oxygen atoms in total. The second kappa shape index (κ2) is 14.0. The minimum Gasteiger partial charge on any atom is -0.493 e. The van der Waals surface area contributed by atoms with Crippen molar-refractivity contribution >= 4 is 12.4 Å². The van der Waals surface area contributed by atoms with Gasteiger partial charge >= 0.3 is 6.18 Å². The van der Waals surface area contributed by atoms with Crippen molar-refractivity contribution in [1.82, 2.24) is 0 Å². The number of alkyl halides is 4. The van der Waals surface area contributed by atoms with E-state index in [9.17, 15) is 27.8 Å². The van der Waals surface area contributed by atoms with Gasteiger partial charge in [-0.15, -0.1) is 12.4 Å². The molecule has 29 heavy (non-hydrogen) atoms. The van der Waals surface area contributed by atoms with E-state index >= 15 is 0 Å². The van der Waals surface area contributed by atoms with Crippen LogP contribution in [0.25, 0.3) is 0 Å². The minimum atomic E-state index is -4.55. The van der Waals surface area contributed by atoms with Crippen molar-refractivity contribution < 1.29 is 32.5 Å². The van der Waals surface area contributed by atoms with Gasteiger partial charge in [-0.3, -0.25) is 4.39 Å². The molecule has 0 aliphatic heterocycles. The summed E-state index contributed by atoms with van der Waals surface area (Å²) in [4.78, 5) is 0. The van der Waals surface area contributed by atoms with Gasteiger partial charge in [-0.1, -0.05) is 31.7 Å². The van der Waals surface area contributed by atoms with Crippen LogP contribution in [0.5, 0.6) is 5.75 Å². The summed E-state index contributed by atoms with van der Waals surface area (Å²) in [6.45, 7) is -1.03. The topological polar surface area (TPSA) is 75.7 Å². The Labute approximate surface area is 175 Å². The SMILES string of the molecule is Cl.NC(CO)(CO)CCc1ccc(OCCCCCCCCF)c(C(F)(F)F)c1. The standard InChI is InChI=1S/C20H31F4NO3.ClH/c21-11-5-3-1-2-4-6-12-28-18-8-7-16(13-17(18)20(22,23)24)9-10-19(25,14-26)15-27;/h7-8,13,26-27H,1-6,9-12,14-15,25H2;1H. The predicted molar refractivity (Wildman–Crippen MR) is 107 cm³/mol. The Balaban J connectivity index is 0.00000784. The highest BCUT2D eigenvalue weighted by Crippen LogP contribution is 2.37. The molecule has 0 fully saturated rings. The summed E-state index contributed by atoms with van der Waals surface area (Å²) in [7, 11) is 0. The van der Waals surface area contributed by atoms with Gasteiger partial charge in [0.25, 0.3) is 0 Å². The number of hydrogen-bond donors (Lipinski definition) is 3. The third-order valence-corrected chi connectivity index (χ3v) is 4.68. The molecule has 170 valence electrons. The summed E-state index contributed by atoms with van der Waals surface area (Å²) in [6.07, 6.45) is 0.463. The first-order valence-corrected chi connectivity index (χ1v) is 9.65. The first-order valence-electron chi connectivity index (χ1n) is 9.65. The Hall–Kier alpha value is -1.09. The minimum absolute atomic E-state index is 0. The highest BCUT2D eigenvalue weighted by atomic mass is 35.5. The number of aryl methyl sites for hydroxylation is 1. The maximum absolute atomic E-state index is 13.4. The number of halogens is 5. The van der Waals surface area contributed by atoms with Gasteiger partial charge in [0, 0.05) is 0 Å². The molecule has 1 aromatic carbocycles. The van der Waals surface area contributed by atoms with Crippen molar-refractivity contribution in [3.63, 3.8) is 0 Å².